The molecule has 3 aromatic heterocycles. The van der Waals surface area contributed by atoms with Crippen LogP contribution in [0.25, 0.3) is 5.65 Å². The number of tetrazole rings is 1. The average Bonchev–Trinajstić information content (AvgIpc) is 3.16. The number of rotatable bonds is 3. The highest BCUT2D eigenvalue weighted by Crippen LogP contribution is 2.38. The molecule has 5 heterocycles. The number of aromatic nitrogens is 5. The van der Waals surface area contributed by atoms with E-state index < -0.39 is 0 Å². The van der Waals surface area contributed by atoms with Crippen LogP contribution in [0.15, 0.2) is 41.3 Å². The van der Waals surface area contributed by atoms with Crippen molar-refractivity contribution in [3.8, 4) is 0 Å². The summed E-state index contributed by atoms with van der Waals surface area (Å²) in [5.74, 6) is 0.467. The van der Waals surface area contributed by atoms with Gasteiger partial charge in [-0.25, -0.2) is 0 Å². The first-order chi connectivity index (χ1) is 13.2. The van der Waals surface area contributed by atoms with Gasteiger partial charge in [-0.15, -0.1) is 5.10 Å². The summed E-state index contributed by atoms with van der Waals surface area (Å²) in [4.78, 5) is 25.2. The molecule has 2 bridgehead atoms. The fourth-order valence-electron chi connectivity index (χ4n) is 4.34. The van der Waals surface area contributed by atoms with Gasteiger partial charge in [-0.2, -0.15) is 4.52 Å². The van der Waals surface area contributed by atoms with E-state index in [-0.39, 0.29) is 17.5 Å². The van der Waals surface area contributed by atoms with E-state index in [1.807, 2.05) is 16.7 Å². The van der Waals surface area contributed by atoms with Crippen molar-refractivity contribution in [1.29, 1.82) is 0 Å². The van der Waals surface area contributed by atoms with Crippen molar-refractivity contribution < 1.29 is 4.79 Å². The van der Waals surface area contributed by atoms with Crippen LogP contribution in [0.3, 0.4) is 0 Å². The Morgan fingerprint density at radius 3 is 3.11 bits per heavy atom. The van der Waals surface area contributed by atoms with Gasteiger partial charge in [0.25, 0.3) is 11.5 Å². The Labute approximate surface area is 154 Å². The van der Waals surface area contributed by atoms with Gasteiger partial charge in [0.15, 0.2) is 5.65 Å². The van der Waals surface area contributed by atoms with Crippen molar-refractivity contribution in [1.82, 2.24) is 35.2 Å². The average molecular weight is 365 g/mol. The first-order valence-electron chi connectivity index (χ1n) is 9.09. The maximum atomic E-state index is 12.6. The summed E-state index contributed by atoms with van der Waals surface area (Å²) in [5.41, 5.74) is 2.11. The number of hydrogen-bond acceptors (Lipinski definition) is 6. The molecule has 2 N–H and O–H groups in total. The molecule has 0 unspecified atom stereocenters. The molecular weight excluding hydrogens is 346 g/mol. The second-order valence-corrected chi connectivity index (χ2v) is 7.19. The van der Waals surface area contributed by atoms with Gasteiger partial charge >= 0.3 is 0 Å². The Balaban J connectivity index is 1.40. The van der Waals surface area contributed by atoms with Crippen molar-refractivity contribution in [2.45, 2.75) is 18.4 Å². The van der Waals surface area contributed by atoms with Crippen molar-refractivity contribution in [2.24, 2.45) is 5.92 Å². The lowest BCUT2D eigenvalue weighted by Crippen LogP contribution is -2.50. The molecule has 3 atom stereocenters. The standard InChI is InChI=1S/C18H19N7O2/c26-17-3-1-2-14-12-6-13(8-19-7-12)15(25(14)17)9-20-18(27)11-4-5-16-21-22-23-24(16)10-11/h1-5,10,12-13,15,19H,6-9H2,(H,20,27)/t12-,13+,15+/m1/s1. The maximum Gasteiger partial charge on any atom is 0.252 e. The van der Waals surface area contributed by atoms with E-state index in [0.717, 1.165) is 25.2 Å². The topological polar surface area (TPSA) is 106 Å². The largest absolute Gasteiger partial charge is 0.350 e. The van der Waals surface area contributed by atoms with Gasteiger partial charge in [-0.1, -0.05) is 6.07 Å². The molecule has 0 radical (unpaired) electrons. The van der Waals surface area contributed by atoms with E-state index >= 15 is 0 Å². The quantitative estimate of drug-likeness (QED) is 0.675. The molecule has 1 saturated heterocycles. The third-order valence-electron chi connectivity index (χ3n) is 5.63. The van der Waals surface area contributed by atoms with Crippen LogP contribution < -0.4 is 16.2 Å². The number of nitrogens with one attached hydrogen (secondary N) is 2. The molecule has 0 aliphatic carbocycles. The summed E-state index contributed by atoms with van der Waals surface area (Å²) in [6.07, 6.45) is 2.64. The van der Waals surface area contributed by atoms with E-state index in [1.54, 1.807) is 24.4 Å². The smallest absolute Gasteiger partial charge is 0.252 e. The molecule has 1 amide bonds. The predicted octanol–water partition coefficient (Wildman–Crippen LogP) is -0.0362. The molecule has 9 heteroatoms. The molecule has 27 heavy (non-hydrogen) atoms. The van der Waals surface area contributed by atoms with Crippen LogP contribution in [0.2, 0.25) is 0 Å². The molecule has 0 saturated carbocycles. The van der Waals surface area contributed by atoms with Crippen molar-refractivity contribution >= 4 is 11.6 Å². The van der Waals surface area contributed by atoms with Crippen molar-refractivity contribution in [2.75, 3.05) is 19.6 Å². The van der Waals surface area contributed by atoms with Crippen LogP contribution in [0.1, 0.15) is 34.4 Å². The third kappa shape index (κ3) is 2.71. The minimum atomic E-state index is -0.205. The van der Waals surface area contributed by atoms with E-state index in [1.165, 1.54) is 4.52 Å². The van der Waals surface area contributed by atoms with E-state index in [0.29, 0.717) is 29.6 Å². The second-order valence-electron chi connectivity index (χ2n) is 7.19. The summed E-state index contributed by atoms with van der Waals surface area (Å²) in [6, 6.07) is 8.78. The number of piperidine rings is 1. The summed E-state index contributed by atoms with van der Waals surface area (Å²) >= 11 is 0. The SMILES string of the molecule is O=C(NC[C@H]1[C@@H]2CNC[C@@H](C2)c2cccc(=O)n21)c1ccc2nnnn2c1. The normalized spacial score (nSPS) is 23.8. The highest BCUT2D eigenvalue weighted by Gasteiger charge is 2.37. The van der Waals surface area contributed by atoms with Crippen LogP contribution in [0, 0.1) is 5.92 Å². The van der Waals surface area contributed by atoms with Crippen LogP contribution in [-0.4, -0.2) is 50.1 Å². The lowest BCUT2D eigenvalue weighted by molar-refractivity contribution is 0.0931. The molecule has 5 rings (SSSR count). The van der Waals surface area contributed by atoms with Gasteiger partial charge < -0.3 is 15.2 Å². The van der Waals surface area contributed by atoms with Gasteiger partial charge in [0.05, 0.1) is 11.6 Å². The number of nitrogens with zero attached hydrogens (tertiary/aromatic N) is 5. The minimum absolute atomic E-state index is 0.00143. The molecule has 138 valence electrons. The molecule has 0 spiro atoms. The number of pyridine rings is 2. The monoisotopic (exact) mass is 365 g/mol. The third-order valence-corrected chi connectivity index (χ3v) is 5.63. The van der Waals surface area contributed by atoms with E-state index in [9.17, 15) is 9.59 Å². The number of carbonyl (C=O) groups is 1. The van der Waals surface area contributed by atoms with Crippen LogP contribution in [0.5, 0.6) is 0 Å². The zero-order valence-corrected chi connectivity index (χ0v) is 14.6. The lowest BCUT2D eigenvalue weighted by Gasteiger charge is -2.43. The van der Waals surface area contributed by atoms with E-state index in [2.05, 4.69) is 26.2 Å². The van der Waals surface area contributed by atoms with Gasteiger partial charge in [0.1, 0.15) is 0 Å². The first kappa shape index (κ1) is 16.1. The minimum Gasteiger partial charge on any atom is -0.350 e. The Morgan fingerprint density at radius 2 is 2.19 bits per heavy atom. The summed E-state index contributed by atoms with van der Waals surface area (Å²) in [7, 11) is 0. The first-order valence-corrected chi connectivity index (χ1v) is 9.09. The maximum absolute atomic E-state index is 12.6. The predicted molar refractivity (Wildman–Crippen MR) is 96.6 cm³/mol. The zero-order chi connectivity index (χ0) is 18.4. The number of fused-ring (bicyclic) bond motifs is 5. The Hall–Kier alpha value is -3.07. The summed E-state index contributed by atoms with van der Waals surface area (Å²) < 4.78 is 3.34. The van der Waals surface area contributed by atoms with Gasteiger partial charge in [0, 0.05) is 43.5 Å². The molecule has 3 aromatic rings. The summed E-state index contributed by atoms with van der Waals surface area (Å²) in [6.45, 7) is 2.15. The van der Waals surface area contributed by atoms with Gasteiger partial charge in [-0.3, -0.25) is 9.59 Å². The number of hydrogen-bond donors (Lipinski definition) is 2. The van der Waals surface area contributed by atoms with Crippen LogP contribution >= 0.6 is 0 Å². The van der Waals surface area contributed by atoms with Crippen LogP contribution in [0.4, 0.5) is 0 Å². The Bertz CT molecular complexity index is 1070. The molecule has 1 fully saturated rings. The van der Waals surface area contributed by atoms with E-state index in [4.69, 9.17) is 0 Å². The molecular formula is C18H19N7O2. The highest BCUT2D eigenvalue weighted by molar-refractivity contribution is 5.94. The Morgan fingerprint density at radius 1 is 1.26 bits per heavy atom. The fourth-order valence-corrected chi connectivity index (χ4v) is 4.34. The molecule has 2 aliphatic rings. The molecule has 2 aliphatic heterocycles. The lowest BCUT2D eigenvalue weighted by atomic mass is 9.79. The second kappa shape index (κ2) is 6.27. The highest BCUT2D eigenvalue weighted by atomic mass is 16.1. The number of amides is 1. The van der Waals surface area contributed by atoms with Gasteiger partial charge in [0.2, 0.25) is 0 Å². The summed E-state index contributed by atoms with van der Waals surface area (Å²) in [5, 5.41) is 17.7. The van der Waals surface area contributed by atoms with Crippen LogP contribution in [-0.2, 0) is 0 Å². The number of carbonyl (C=O) groups excluding carboxylic acids is 1. The fraction of sp³-hybridized carbons (Fsp3) is 0.389. The Kier molecular flexibility index (Phi) is 3.75. The molecule has 9 nitrogen and oxygen atoms in total. The van der Waals surface area contributed by atoms with Gasteiger partial charge in [-0.05, 0) is 41.0 Å². The van der Waals surface area contributed by atoms with Crippen molar-refractivity contribution in [3.63, 3.8) is 0 Å². The zero-order valence-electron chi connectivity index (χ0n) is 14.6. The molecule has 0 aromatic carbocycles. The van der Waals surface area contributed by atoms with Crippen molar-refractivity contribution in [3.05, 3.63) is 58.1 Å².